The SMILES string of the molecule is C[C@H]1c2c(C#Cc3ccccc3)ccc(O)c2C(O)=C2C(=O)[C@]3(O)C(=O)C(C(N)=O)C(O)C[C@@H]3[C@@H](O)[C@@H]21. The van der Waals surface area contributed by atoms with Crippen LogP contribution in [-0.4, -0.2) is 60.8 Å². The lowest BCUT2D eigenvalue weighted by Gasteiger charge is -2.52. The molecule has 3 aliphatic carbocycles. The molecule has 9 heteroatoms. The molecule has 7 N–H and O–H groups in total. The second kappa shape index (κ2) is 8.56. The van der Waals surface area contributed by atoms with Gasteiger partial charge in [0, 0.05) is 28.5 Å². The summed E-state index contributed by atoms with van der Waals surface area (Å²) >= 11 is 0. The summed E-state index contributed by atoms with van der Waals surface area (Å²) in [5.41, 5.74) is 3.42. The summed E-state index contributed by atoms with van der Waals surface area (Å²) in [5, 5.41) is 55.1. The minimum Gasteiger partial charge on any atom is -0.507 e. The first-order valence-electron chi connectivity index (χ1n) is 11.8. The highest BCUT2D eigenvalue weighted by Crippen LogP contribution is 2.55. The lowest BCUT2D eigenvalue weighted by atomic mass is 9.53. The predicted molar refractivity (Wildman–Crippen MR) is 130 cm³/mol. The van der Waals surface area contributed by atoms with Gasteiger partial charge in [-0.05, 0) is 42.2 Å². The van der Waals surface area contributed by atoms with Crippen LogP contribution < -0.4 is 5.73 Å². The van der Waals surface area contributed by atoms with Gasteiger partial charge in [0.05, 0.1) is 17.8 Å². The van der Waals surface area contributed by atoms with Crippen molar-refractivity contribution in [3.8, 4) is 17.6 Å². The number of carbonyl (C=O) groups excluding carboxylic acids is 3. The second-order valence-electron chi connectivity index (χ2n) is 9.85. The summed E-state index contributed by atoms with van der Waals surface area (Å²) in [7, 11) is 0. The Bertz CT molecular complexity index is 1440. The molecular formula is C28H25NO8. The van der Waals surface area contributed by atoms with E-state index in [2.05, 4.69) is 11.8 Å². The fourth-order valence-electron chi connectivity index (χ4n) is 6.15. The van der Waals surface area contributed by atoms with Gasteiger partial charge in [0.15, 0.2) is 11.4 Å². The van der Waals surface area contributed by atoms with Crippen molar-refractivity contribution in [2.24, 2.45) is 23.5 Å². The molecule has 3 aliphatic rings. The first kappa shape index (κ1) is 24.7. The molecule has 5 rings (SSSR count). The maximum Gasteiger partial charge on any atom is 0.230 e. The molecule has 0 radical (unpaired) electrons. The molecule has 2 unspecified atom stereocenters. The molecule has 0 aliphatic heterocycles. The van der Waals surface area contributed by atoms with Crippen LogP contribution in [0.15, 0.2) is 48.0 Å². The second-order valence-corrected chi connectivity index (χ2v) is 9.85. The number of Topliss-reactive ketones (excluding diaryl/α,β-unsaturated/α-hetero) is 2. The average molecular weight is 504 g/mol. The number of ketones is 2. The van der Waals surface area contributed by atoms with Crippen molar-refractivity contribution in [3.05, 3.63) is 70.3 Å². The predicted octanol–water partition coefficient (Wildman–Crippen LogP) is 0.520. The van der Waals surface area contributed by atoms with Crippen LogP contribution in [0.4, 0.5) is 0 Å². The Morgan fingerprint density at radius 3 is 2.38 bits per heavy atom. The van der Waals surface area contributed by atoms with E-state index in [1.807, 2.05) is 30.3 Å². The summed E-state index contributed by atoms with van der Waals surface area (Å²) in [4.78, 5) is 38.6. The van der Waals surface area contributed by atoms with Gasteiger partial charge in [-0.15, -0.1) is 0 Å². The van der Waals surface area contributed by atoms with Crippen LogP contribution in [-0.2, 0) is 14.4 Å². The molecule has 2 aromatic carbocycles. The number of phenols is 1. The summed E-state index contributed by atoms with van der Waals surface area (Å²) in [6.07, 6.45) is -3.60. The van der Waals surface area contributed by atoms with E-state index in [1.54, 1.807) is 13.0 Å². The number of amides is 1. The van der Waals surface area contributed by atoms with Gasteiger partial charge in [0.1, 0.15) is 17.4 Å². The van der Waals surface area contributed by atoms with Gasteiger partial charge in [-0.1, -0.05) is 37.0 Å². The molecule has 0 aromatic heterocycles. The molecule has 0 saturated heterocycles. The number of aromatic hydroxyl groups is 1. The quantitative estimate of drug-likeness (QED) is 0.241. The third-order valence-corrected chi connectivity index (χ3v) is 7.91. The molecule has 9 nitrogen and oxygen atoms in total. The number of aliphatic hydroxyl groups excluding tert-OH is 3. The Kier molecular flexibility index (Phi) is 5.72. The highest BCUT2D eigenvalue weighted by Gasteiger charge is 2.67. The zero-order valence-electron chi connectivity index (χ0n) is 19.8. The number of hydrogen-bond donors (Lipinski definition) is 6. The molecule has 2 aromatic rings. The lowest BCUT2D eigenvalue weighted by molar-refractivity contribution is -0.186. The van der Waals surface area contributed by atoms with Crippen LogP contribution in [0.2, 0.25) is 0 Å². The molecule has 190 valence electrons. The fraction of sp³-hybridized carbons (Fsp3) is 0.321. The van der Waals surface area contributed by atoms with Crippen LogP contribution in [0.25, 0.3) is 5.76 Å². The van der Waals surface area contributed by atoms with E-state index in [4.69, 9.17) is 5.73 Å². The maximum absolute atomic E-state index is 13.7. The molecular weight excluding hydrogens is 478 g/mol. The van der Waals surface area contributed by atoms with E-state index in [9.17, 15) is 39.9 Å². The van der Waals surface area contributed by atoms with Gasteiger partial charge in [-0.25, -0.2) is 0 Å². The van der Waals surface area contributed by atoms with E-state index < -0.39 is 76.7 Å². The summed E-state index contributed by atoms with van der Waals surface area (Å²) < 4.78 is 0. The zero-order chi connectivity index (χ0) is 26.8. The highest BCUT2D eigenvalue weighted by molar-refractivity contribution is 6.25. The average Bonchev–Trinajstić information content (AvgIpc) is 2.86. The summed E-state index contributed by atoms with van der Waals surface area (Å²) in [6, 6.07) is 12.0. The fourth-order valence-corrected chi connectivity index (χ4v) is 6.15. The van der Waals surface area contributed by atoms with E-state index in [-0.39, 0.29) is 11.3 Å². The monoisotopic (exact) mass is 503 g/mol. The Hall–Kier alpha value is -3.97. The number of benzene rings is 2. The first-order valence-corrected chi connectivity index (χ1v) is 11.8. The van der Waals surface area contributed by atoms with Crippen LogP contribution in [0.1, 0.15) is 41.5 Å². The van der Waals surface area contributed by atoms with Gasteiger partial charge < -0.3 is 31.3 Å². The topological polar surface area (TPSA) is 178 Å². The normalized spacial score (nSPS) is 32.5. The Morgan fingerprint density at radius 2 is 1.73 bits per heavy atom. The number of fused-ring (bicyclic) bond motifs is 3. The van der Waals surface area contributed by atoms with Crippen LogP contribution in [0, 0.1) is 29.6 Å². The van der Waals surface area contributed by atoms with E-state index in [1.165, 1.54) is 6.07 Å². The van der Waals surface area contributed by atoms with Crippen LogP contribution in [0.3, 0.4) is 0 Å². The number of carbonyl (C=O) groups is 3. The van der Waals surface area contributed by atoms with Crippen molar-refractivity contribution < 1.29 is 39.9 Å². The zero-order valence-corrected chi connectivity index (χ0v) is 19.8. The van der Waals surface area contributed by atoms with Crippen LogP contribution >= 0.6 is 0 Å². The number of aliphatic hydroxyl groups is 4. The van der Waals surface area contributed by atoms with E-state index in [0.29, 0.717) is 11.1 Å². The maximum atomic E-state index is 13.7. The molecule has 0 spiro atoms. The Morgan fingerprint density at radius 1 is 1.05 bits per heavy atom. The molecule has 0 bridgehead atoms. The van der Waals surface area contributed by atoms with Crippen molar-refractivity contribution >= 4 is 23.2 Å². The van der Waals surface area contributed by atoms with Crippen molar-refractivity contribution in [1.29, 1.82) is 0 Å². The van der Waals surface area contributed by atoms with E-state index >= 15 is 0 Å². The molecule has 2 saturated carbocycles. The number of hydrogen-bond acceptors (Lipinski definition) is 8. The minimum absolute atomic E-state index is 0.0871. The minimum atomic E-state index is -2.88. The summed E-state index contributed by atoms with van der Waals surface area (Å²) in [6.45, 7) is 1.68. The Labute approximate surface area is 211 Å². The number of phenolic OH excluding ortho intramolecular Hbond substituents is 1. The molecule has 0 heterocycles. The Balaban J connectivity index is 1.70. The van der Waals surface area contributed by atoms with Crippen LogP contribution in [0.5, 0.6) is 5.75 Å². The number of nitrogens with two attached hydrogens (primary N) is 1. The van der Waals surface area contributed by atoms with Gasteiger partial charge >= 0.3 is 0 Å². The number of rotatable bonds is 1. The third kappa shape index (κ3) is 3.41. The smallest absolute Gasteiger partial charge is 0.230 e. The van der Waals surface area contributed by atoms with Crippen molar-refractivity contribution in [1.82, 2.24) is 0 Å². The van der Waals surface area contributed by atoms with Gasteiger partial charge in [0.2, 0.25) is 11.7 Å². The summed E-state index contributed by atoms with van der Waals surface area (Å²) in [5.74, 6) is -3.80. The molecule has 37 heavy (non-hydrogen) atoms. The van der Waals surface area contributed by atoms with E-state index in [0.717, 1.165) is 5.56 Å². The third-order valence-electron chi connectivity index (χ3n) is 7.91. The van der Waals surface area contributed by atoms with Gasteiger partial charge in [-0.3, -0.25) is 14.4 Å². The van der Waals surface area contributed by atoms with Crippen molar-refractivity contribution in [2.45, 2.75) is 37.1 Å². The van der Waals surface area contributed by atoms with Gasteiger partial charge in [-0.2, -0.15) is 0 Å². The first-order chi connectivity index (χ1) is 17.5. The molecule has 1 amide bonds. The highest BCUT2D eigenvalue weighted by atomic mass is 16.3. The number of primary amides is 1. The van der Waals surface area contributed by atoms with Crippen molar-refractivity contribution in [2.75, 3.05) is 0 Å². The van der Waals surface area contributed by atoms with Crippen molar-refractivity contribution in [3.63, 3.8) is 0 Å². The lowest BCUT2D eigenvalue weighted by Crippen LogP contribution is -2.70. The largest absolute Gasteiger partial charge is 0.507 e. The molecule has 7 atom stereocenters. The molecule has 2 fully saturated rings. The standard InChI is InChI=1S/C28H25NO8/c1-12-18-14(8-7-13-5-3-2-4-6-13)9-10-16(30)20(18)24(33)22-19(12)23(32)15-11-17(31)21(27(29)36)25(34)28(15,37)26(22)35/h2-6,9-10,12,15,17,19,21,23,30-33,37H,11H2,1H3,(H2,29,36)/t12-,15+,17?,19+,21?,23+,28+/m0/s1. The van der Waals surface area contributed by atoms with Gasteiger partial charge in [0.25, 0.3) is 0 Å².